The van der Waals surface area contributed by atoms with Crippen LogP contribution in [-0.2, 0) is 0 Å². The first-order chi connectivity index (χ1) is 7.86. The van der Waals surface area contributed by atoms with Gasteiger partial charge in [-0.05, 0) is 31.2 Å². The molecule has 0 fully saturated rings. The Morgan fingerprint density at radius 1 is 1.25 bits per heavy atom. The summed E-state index contributed by atoms with van der Waals surface area (Å²) in [7, 11) is 0. The Balaban J connectivity index is 2.50. The van der Waals surface area contributed by atoms with Gasteiger partial charge < -0.3 is 10.6 Å². The third kappa shape index (κ3) is 1.99. The molecule has 2 aromatic rings. The van der Waals surface area contributed by atoms with Crippen LogP contribution < -0.4 is 10.6 Å². The molecule has 0 unspecified atom stereocenters. The van der Waals surface area contributed by atoms with E-state index in [0.717, 1.165) is 18.6 Å². The number of hydrogen-bond donors (Lipinski definition) is 1. The largest absolute Gasteiger partial charge is 0.370 e. The summed E-state index contributed by atoms with van der Waals surface area (Å²) in [5, 5.41) is 1.19. The highest BCUT2D eigenvalue weighted by atomic mass is 15.1. The molecule has 0 saturated heterocycles. The van der Waals surface area contributed by atoms with Gasteiger partial charge in [-0.3, -0.25) is 4.98 Å². The smallest absolute Gasteiger partial charge is 0.0722 e. The van der Waals surface area contributed by atoms with Crippen molar-refractivity contribution in [3.63, 3.8) is 0 Å². The summed E-state index contributed by atoms with van der Waals surface area (Å²) in [6, 6.07) is 10.3. The molecule has 0 aliphatic heterocycles. The minimum atomic E-state index is 0.671. The second-order valence-corrected chi connectivity index (χ2v) is 3.72. The van der Waals surface area contributed by atoms with Gasteiger partial charge in [0.2, 0.25) is 0 Å². The molecular weight excluding hydrogens is 198 g/mol. The Morgan fingerprint density at radius 3 is 2.88 bits per heavy atom. The predicted molar refractivity (Wildman–Crippen MR) is 68.7 cm³/mol. The van der Waals surface area contributed by atoms with E-state index in [1.807, 2.05) is 24.4 Å². The van der Waals surface area contributed by atoms with Crippen molar-refractivity contribution in [1.82, 2.24) is 4.98 Å². The average Bonchev–Trinajstić information content (AvgIpc) is 2.35. The molecule has 1 heterocycles. The zero-order valence-electron chi connectivity index (χ0n) is 9.56. The summed E-state index contributed by atoms with van der Waals surface area (Å²) < 4.78 is 0. The van der Waals surface area contributed by atoms with Crippen LogP contribution in [0.1, 0.15) is 6.92 Å². The van der Waals surface area contributed by atoms with Crippen LogP contribution in [0.5, 0.6) is 0 Å². The maximum Gasteiger partial charge on any atom is 0.0722 e. The lowest BCUT2D eigenvalue weighted by atomic mass is 10.1. The molecule has 84 valence electrons. The molecule has 0 aliphatic carbocycles. The van der Waals surface area contributed by atoms with Crippen LogP contribution in [0, 0.1) is 0 Å². The van der Waals surface area contributed by atoms with Crippen molar-refractivity contribution in [1.29, 1.82) is 0 Å². The lowest BCUT2D eigenvalue weighted by molar-refractivity contribution is 0.820. The van der Waals surface area contributed by atoms with Crippen molar-refractivity contribution in [3.8, 4) is 0 Å². The molecule has 16 heavy (non-hydrogen) atoms. The first-order valence-electron chi connectivity index (χ1n) is 5.65. The Kier molecular flexibility index (Phi) is 3.37. The van der Waals surface area contributed by atoms with E-state index in [1.54, 1.807) is 0 Å². The SMILES string of the molecule is CCN(CCN)c1cccc2ncccc12. The van der Waals surface area contributed by atoms with Crippen molar-refractivity contribution in [2.45, 2.75) is 6.92 Å². The van der Waals surface area contributed by atoms with Crippen molar-refractivity contribution in [3.05, 3.63) is 36.5 Å². The Hall–Kier alpha value is -1.61. The topological polar surface area (TPSA) is 42.1 Å². The Labute approximate surface area is 95.9 Å². The summed E-state index contributed by atoms with van der Waals surface area (Å²) in [5.41, 5.74) is 7.89. The summed E-state index contributed by atoms with van der Waals surface area (Å²) >= 11 is 0. The van der Waals surface area contributed by atoms with Gasteiger partial charge in [0.05, 0.1) is 5.52 Å². The lowest BCUT2D eigenvalue weighted by Gasteiger charge is -2.23. The van der Waals surface area contributed by atoms with E-state index in [1.165, 1.54) is 11.1 Å². The fourth-order valence-electron chi connectivity index (χ4n) is 1.97. The van der Waals surface area contributed by atoms with E-state index in [-0.39, 0.29) is 0 Å². The maximum absolute atomic E-state index is 5.63. The van der Waals surface area contributed by atoms with Crippen molar-refractivity contribution < 1.29 is 0 Å². The molecule has 1 aromatic heterocycles. The molecule has 1 aromatic carbocycles. The normalized spacial score (nSPS) is 10.6. The van der Waals surface area contributed by atoms with Gasteiger partial charge in [-0.1, -0.05) is 6.07 Å². The van der Waals surface area contributed by atoms with Gasteiger partial charge in [0.1, 0.15) is 0 Å². The molecule has 0 spiro atoms. The first-order valence-corrected chi connectivity index (χ1v) is 5.65. The van der Waals surface area contributed by atoms with Crippen molar-refractivity contribution in [2.24, 2.45) is 5.73 Å². The fourth-order valence-corrected chi connectivity index (χ4v) is 1.97. The molecule has 0 aliphatic rings. The van der Waals surface area contributed by atoms with Gasteiger partial charge in [0.15, 0.2) is 0 Å². The predicted octanol–water partition coefficient (Wildman–Crippen LogP) is 2.02. The molecule has 0 atom stereocenters. The summed E-state index contributed by atoms with van der Waals surface area (Å²) in [5.74, 6) is 0. The number of likely N-dealkylation sites (N-methyl/N-ethyl adjacent to an activating group) is 1. The number of aromatic nitrogens is 1. The monoisotopic (exact) mass is 215 g/mol. The highest BCUT2D eigenvalue weighted by molar-refractivity contribution is 5.91. The number of rotatable bonds is 4. The van der Waals surface area contributed by atoms with Crippen LogP contribution in [0.4, 0.5) is 5.69 Å². The maximum atomic E-state index is 5.63. The van der Waals surface area contributed by atoms with E-state index in [9.17, 15) is 0 Å². The van der Waals surface area contributed by atoms with E-state index >= 15 is 0 Å². The third-order valence-electron chi connectivity index (χ3n) is 2.74. The van der Waals surface area contributed by atoms with Crippen LogP contribution in [0.15, 0.2) is 36.5 Å². The lowest BCUT2D eigenvalue weighted by Crippen LogP contribution is -2.29. The zero-order valence-corrected chi connectivity index (χ0v) is 9.56. The van der Waals surface area contributed by atoms with Gasteiger partial charge in [0.25, 0.3) is 0 Å². The third-order valence-corrected chi connectivity index (χ3v) is 2.74. The zero-order chi connectivity index (χ0) is 11.4. The van der Waals surface area contributed by atoms with Crippen LogP contribution in [0.3, 0.4) is 0 Å². The number of anilines is 1. The number of benzene rings is 1. The van der Waals surface area contributed by atoms with Gasteiger partial charge in [0, 0.05) is 36.9 Å². The van der Waals surface area contributed by atoms with Gasteiger partial charge in [-0.25, -0.2) is 0 Å². The van der Waals surface area contributed by atoms with E-state index in [4.69, 9.17) is 5.73 Å². The minimum Gasteiger partial charge on any atom is -0.370 e. The molecule has 2 rings (SSSR count). The summed E-state index contributed by atoms with van der Waals surface area (Å²) in [6.07, 6.45) is 1.82. The molecular formula is C13H17N3. The fraction of sp³-hybridized carbons (Fsp3) is 0.308. The van der Waals surface area contributed by atoms with E-state index in [0.29, 0.717) is 6.54 Å². The summed E-state index contributed by atoms with van der Waals surface area (Å²) in [4.78, 5) is 6.64. The minimum absolute atomic E-state index is 0.671. The van der Waals surface area contributed by atoms with Crippen molar-refractivity contribution >= 4 is 16.6 Å². The molecule has 0 bridgehead atoms. The van der Waals surface area contributed by atoms with Gasteiger partial charge >= 0.3 is 0 Å². The molecule has 0 saturated carbocycles. The Bertz CT molecular complexity index is 462. The number of nitrogens with zero attached hydrogens (tertiary/aromatic N) is 2. The molecule has 3 nitrogen and oxygen atoms in total. The molecule has 0 radical (unpaired) electrons. The number of fused-ring (bicyclic) bond motifs is 1. The highest BCUT2D eigenvalue weighted by Gasteiger charge is 2.07. The number of hydrogen-bond acceptors (Lipinski definition) is 3. The van der Waals surface area contributed by atoms with E-state index < -0.39 is 0 Å². The molecule has 0 amide bonds. The van der Waals surface area contributed by atoms with Gasteiger partial charge in [-0.2, -0.15) is 0 Å². The Morgan fingerprint density at radius 2 is 2.12 bits per heavy atom. The van der Waals surface area contributed by atoms with E-state index in [2.05, 4.69) is 28.9 Å². The molecule has 3 heteroatoms. The number of pyridine rings is 1. The molecule has 2 N–H and O–H groups in total. The van der Waals surface area contributed by atoms with Crippen LogP contribution in [0.25, 0.3) is 10.9 Å². The second kappa shape index (κ2) is 4.94. The average molecular weight is 215 g/mol. The summed E-state index contributed by atoms with van der Waals surface area (Å²) in [6.45, 7) is 4.66. The van der Waals surface area contributed by atoms with Crippen LogP contribution in [-0.4, -0.2) is 24.6 Å². The number of nitrogens with two attached hydrogens (primary N) is 1. The van der Waals surface area contributed by atoms with Gasteiger partial charge in [-0.15, -0.1) is 0 Å². The second-order valence-electron chi connectivity index (χ2n) is 3.72. The van der Waals surface area contributed by atoms with Crippen LogP contribution >= 0.6 is 0 Å². The quantitative estimate of drug-likeness (QED) is 0.848. The van der Waals surface area contributed by atoms with Crippen molar-refractivity contribution in [2.75, 3.05) is 24.5 Å². The highest BCUT2D eigenvalue weighted by Crippen LogP contribution is 2.24. The standard InChI is InChI=1S/C13H17N3/c1-2-16(10-8-14)13-7-3-6-12-11(13)5-4-9-15-12/h3-7,9H,2,8,10,14H2,1H3. The first kappa shape index (κ1) is 10.9. The van der Waals surface area contributed by atoms with Crippen LogP contribution in [0.2, 0.25) is 0 Å².